The molecular weight excluding hydrogens is 359 g/mol. The number of rotatable bonds is 8. The van der Waals surface area contributed by atoms with Crippen molar-refractivity contribution in [3.8, 4) is 5.75 Å². The number of carbonyl (C=O) groups is 2. The van der Waals surface area contributed by atoms with E-state index < -0.39 is 17.8 Å². The fourth-order valence-electron chi connectivity index (χ4n) is 2.73. The third-order valence-electron chi connectivity index (χ3n) is 4.25. The zero-order chi connectivity index (χ0) is 20.7. The van der Waals surface area contributed by atoms with Gasteiger partial charge in [-0.2, -0.15) is 0 Å². The molecule has 5 nitrogen and oxygen atoms in total. The van der Waals surface area contributed by atoms with Crippen molar-refractivity contribution in [2.75, 3.05) is 6.61 Å². The number of amides is 2. The highest BCUT2D eigenvalue weighted by molar-refractivity contribution is 5.88. The zero-order valence-electron chi connectivity index (χ0n) is 16.7. The van der Waals surface area contributed by atoms with Crippen molar-refractivity contribution < 1.29 is 18.7 Å². The predicted molar refractivity (Wildman–Crippen MR) is 106 cm³/mol. The quantitative estimate of drug-likeness (QED) is 0.756. The van der Waals surface area contributed by atoms with Gasteiger partial charge in [-0.05, 0) is 51.5 Å². The molecule has 0 unspecified atom stereocenters. The van der Waals surface area contributed by atoms with Crippen molar-refractivity contribution in [2.24, 2.45) is 0 Å². The summed E-state index contributed by atoms with van der Waals surface area (Å²) in [5, 5.41) is 2.79. The van der Waals surface area contributed by atoms with Crippen LogP contribution in [-0.2, 0) is 16.1 Å². The lowest BCUT2D eigenvalue weighted by atomic mass is 10.1. The first-order valence-electron chi connectivity index (χ1n) is 9.30. The maximum atomic E-state index is 14.1. The molecule has 2 amide bonds. The molecule has 0 aliphatic heterocycles. The van der Waals surface area contributed by atoms with Gasteiger partial charge in [-0.15, -0.1) is 0 Å². The van der Waals surface area contributed by atoms with E-state index >= 15 is 0 Å². The highest BCUT2D eigenvalue weighted by atomic mass is 19.1. The van der Waals surface area contributed by atoms with Gasteiger partial charge in [-0.1, -0.05) is 30.3 Å². The van der Waals surface area contributed by atoms with Crippen LogP contribution in [0.3, 0.4) is 0 Å². The highest BCUT2D eigenvalue weighted by Crippen LogP contribution is 2.15. The average molecular weight is 386 g/mol. The number of benzene rings is 2. The molecule has 0 spiro atoms. The monoisotopic (exact) mass is 386 g/mol. The lowest BCUT2D eigenvalue weighted by Crippen LogP contribution is -2.50. The van der Waals surface area contributed by atoms with E-state index in [2.05, 4.69) is 5.32 Å². The molecule has 0 heterocycles. The summed E-state index contributed by atoms with van der Waals surface area (Å²) in [6.45, 7) is 6.98. The van der Waals surface area contributed by atoms with Crippen LogP contribution in [0.1, 0.15) is 31.9 Å². The molecule has 2 rings (SSSR count). The largest absolute Gasteiger partial charge is 0.484 e. The van der Waals surface area contributed by atoms with E-state index in [4.69, 9.17) is 4.74 Å². The summed E-state index contributed by atoms with van der Waals surface area (Å²) < 4.78 is 19.7. The van der Waals surface area contributed by atoms with Crippen LogP contribution in [0, 0.1) is 12.7 Å². The lowest BCUT2D eigenvalue weighted by molar-refractivity contribution is -0.142. The molecule has 0 aliphatic rings. The minimum absolute atomic E-state index is 0.0185. The molecule has 150 valence electrons. The third-order valence-corrected chi connectivity index (χ3v) is 4.25. The van der Waals surface area contributed by atoms with Crippen molar-refractivity contribution >= 4 is 11.8 Å². The standard InChI is InChI=1S/C22H27FN2O3/c1-15(2)24-22(27)17(4)25(13-18-9-5-6-11-20(18)23)21(26)14-28-19-10-7-8-16(3)12-19/h5-12,15,17H,13-14H2,1-4H3,(H,24,27)/t17-/m0/s1. The zero-order valence-corrected chi connectivity index (χ0v) is 16.7. The molecule has 0 aromatic heterocycles. The Balaban J connectivity index is 2.17. The van der Waals surface area contributed by atoms with Crippen molar-refractivity contribution in [1.29, 1.82) is 0 Å². The third kappa shape index (κ3) is 6.08. The van der Waals surface area contributed by atoms with E-state index in [1.165, 1.54) is 11.0 Å². The van der Waals surface area contributed by atoms with Gasteiger partial charge in [-0.25, -0.2) is 4.39 Å². The van der Waals surface area contributed by atoms with Crippen LogP contribution >= 0.6 is 0 Å². The van der Waals surface area contributed by atoms with Gasteiger partial charge in [-0.3, -0.25) is 9.59 Å². The first kappa shape index (κ1) is 21.4. The Morgan fingerprint density at radius 1 is 1.11 bits per heavy atom. The molecule has 1 atom stereocenters. The van der Waals surface area contributed by atoms with Crippen LogP contribution in [-0.4, -0.2) is 35.4 Å². The van der Waals surface area contributed by atoms with Crippen LogP contribution in [0.5, 0.6) is 5.75 Å². The summed E-state index contributed by atoms with van der Waals surface area (Å²) in [7, 11) is 0. The van der Waals surface area contributed by atoms with Crippen molar-refractivity contribution in [2.45, 2.75) is 46.3 Å². The molecular formula is C22H27FN2O3. The molecule has 0 saturated heterocycles. The van der Waals surface area contributed by atoms with Gasteiger partial charge in [0.2, 0.25) is 5.91 Å². The van der Waals surface area contributed by atoms with Gasteiger partial charge in [0.15, 0.2) is 6.61 Å². The molecule has 1 N–H and O–H groups in total. The van der Waals surface area contributed by atoms with Gasteiger partial charge in [0.05, 0.1) is 0 Å². The van der Waals surface area contributed by atoms with Crippen LogP contribution in [0.4, 0.5) is 4.39 Å². The molecule has 0 aliphatic carbocycles. The fourth-order valence-corrected chi connectivity index (χ4v) is 2.73. The maximum absolute atomic E-state index is 14.1. The molecule has 6 heteroatoms. The van der Waals surface area contributed by atoms with Crippen LogP contribution in [0.25, 0.3) is 0 Å². The topological polar surface area (TPSA) is 58.6 Å². The fraction of sp³-hybridized carbons (Fsp3) is 0.364. The number of hydrogen-bond acceptors (Lipinski definition) is 3. The van der Waals surface area contributed by atoms with E-state index in [0.717, 1.165) is 5.56 Å². The van der Waals surface area contributed by atoms with Gasteiger partial charge < -0.3 is 15.0 Å². The molecule has 0 bridgehead atoms. The normalized spacial score (nSPS) is 11.8. The first-order chi connectivity index (χ1) is 13.3. The van der Waals surface area contributed by atoms with Gasteiger partial charge in [0.25, 0.3) is 5.91 Å². The Morgan fingerprint density at radius 2 is 1.82 bits per heavy atom. The minimum atomic E-state index is -0.768. The Morgan fingerprint density at radius 3 is 2.46 bits per heavy atom. The predicted octanol–water partition coefficient (Wildman–Crippen LogP) is 3.45. The van der Waals surface area contributed by atoms with Gasteiger partial charge in [0.1, 0.15) is 17.6 Å². The second kappa shape index (κ2) is 9.88. The van der Waals surface area contributed by atoms with E-state index in [0.29, 0.717) is 11.3 Å². The Hall–Kier alpha value is -2.89. The highest BCUT2D eigenvalue weighted by Gasteiger charge is 2.27. The number of ether oxygens (including phenoxy) is 1. The number of halogens is 1. The molecule has 2 aromatic rings. The average Bonchev–Trinajstić information content (AvgIpc) is 2.64. The second-order valence-electron chi connectivity index (χ2n) is 7.06. The first-order valence-corrected chi connectivity index (χ1v) is 9.30. The smallest absolute Gasteiger partial charge is 0.261 e. The van der Waals surface area contributed by atoms with E-state index in [9.17, 15) is 14.0 Å². The van der Waals surface area contributed by atoms with E-state index in [1.54, 1.807) is 31.2 Å². The molecule has 2 aromatic carbocycles. The number of carbonyl (C=O) groups excluding carboxylic acids is 2. The summed E-state index contributed by atoms with van der Waals surface area (Å²) in [6.07, 6.45) is 0. The SMILES string of the molecule is Cc1cccc(OCC(=O)N(Cc2ccccc2F)[C@@H](C)C(=O)NC(C)C)c1. The summed E-state index contributed by atoms with van der Waals surface area (Å²) in [5.74, 6) is -0.541. The van der Waals surface area contributed by atoms with Crippen LogP contribution < -0.4 is 10.1 Å². The second-order valence-corrected chi connectivity index (χ2v) is 7.06. The Labute approximate surface area is 165 Å². The molecule has 0 fully saturated rings. The van der Waals surface area contributed by atoms with Gasteiger partial charge >= 0.3 is 0 Å². The Bertz CT molecular complexity index is 823. The number of hydrogen-bond donors (Lipinski definition) is 1. The van der Waals surface area contributed by atoms with Crippen molar-refractivity contribution in [1.82, 2.24) is 10.2 Å². The molecule has 28 heavy (non-hydrogen) atoms. The van der Waals surface area contributed by atoms with Crippen molar-refractivity contribution in [3.05, 3.63) is 65.5 Å². The Kier molecular flexibility index (Phi) is 7.55. The van der Waals surface area contributed by atoms with Crippen molar-refractivity contribution in [3.63, 3.8) is 0 Å². The summed E-state index contributed by atoms with van der Waals surface area (Å²) >= 11 is 0. The summed E-state index contributed by atoms with van der Waals surface area (Å²) in [4.78, 5) is 26.6. The summed E-state index contributed by atoms with van der Waals surface area (Å²) in [6, 6.07) is 12.7. The number of nitrogens with zero attached hydrogens (tertiary/aromatic N) is 1. The van der Waals surface area contributed by atoms with Crippen LogP contribution in [0.15, 0.2) is 48.5 Å². The van der Waals surface area contributed by atoms with E-state index in [1.807, 2.05) is 39.0 Å². The lowest BCUT2D eigenvalue weighted by Gasteiger charge is -2.29. The number of aryl methyl sites for hydroxylation is 1. The molecule has 0 radical (unpaired) electrons. The summed E-state index contributed by atoms with van der Waals surface area (Å²) in [5.41, 5.74) is 1.36. The number of nitrogens with one attached hydrogen (secondary N) is 1. The maximum Gasteiger partial charge on any atom is 0.261 e. The molecule has 0 saturated carbocycles. The van der Waals surface area contributed by atoms with Crippen LogP contribution in [0.2, 0.25) is 0 Å². The van der Waals surface area contributed by atoms with E-state index in [-0.39, 0.29) is 25.1 Å². The van der Waals surface area contributed by atoms with Gasteiger partial charge in [0, 0.05) is 18.2 Å². The minimum Gasteiger partial charge on any atom is -0.484 e.